The number of aryl methyl sites for hydroxylation is 1. The lowest BCUT2D eigenvalue weighted by molar-refractivity contribution is 0.0950. The van der Waals surface area contributed by atoms with Gasteiger partial charge >= 0.3 is 0 Å². The number of rotatable bonds is 4. The molecule has 1 aromatic rings. The summed E-state index contributed by atoms with van der Waals surface area (Å²) in [6, 6.07) is 5.56. The van der Waals surface area contributed by atoms with Crippen molar-refractivity contribution in [2.24, 2.45) is 5.92 Å². The average molecular weight is 232 g/mol. The lowest BCUT2D eigenvalue weighted by atomic mass is 9.83. The molecule has 0 aromatic heterocycles. The molecule has 3 heteroatoms. The third-order valence-corrected chi connectivity index (χ3v) is 3.63. The molecule has 3 N–H and O–H groups in total. The fourth-order valence-corrected chi connectivity index (χ4v) is 2.15. The van der Waals surface area contributed by atoms with Gasteiger partial charge in [-0.05, 0) is 30.9 Å². The number of nitrogens with two attached hydrogens (primary N) is 1. The summed E-state index contributed by atoms with van der Waals surface area (Å²) in [5.41, 5.74) is 8.03. The maximum atomic E-state index is 11.9. The van der Waals surface area contributed by atoms with Crippen LogP contribution in [0, 0.1) is 12.8 Å². The predicted octanol–water partition coefficient (Wildman–Crippen LogP) is 2.50. The van der Waals surface area contributed by atoms with E-state index < -0.39 is 0 Å². The minimum Gasteiger partial charge on any atom is -0.398 e. The number of nitrogens with one attached hydrogen (secondary N) is 1. The standard InChI is InChI=1S/C14H20N2O/c1-10-4-2-7-12(13(10)15)14(17)16-9-8-11-5-3-6-11/h2,4,7,11H,3,5-6,8-9,15H2,1H3,(H,16,17). The highest BCUT2D eigenvalue weighted by atomic mass is 16.1. The summed E-state index contributed by atoms with van der Waals surface area (Å²) in [7, 11) is 0. The van der Waals surface area contributed by atoms with E-state index in [1.807, 2.05) is 19.1 Å². The highest BCUT2D eigenvalue weighted by molar-refractivity contribution is 5.99. The van der Waals surface area contributed by atoms with Crippen LogP contribution in [-0.2, 0) is 0 Å². The van der Waals surface area contributed by atoms with Crippen molar-refractivity contribution in [2.45, 2.75) is 32.6 Å². The van der Waals surface area contributed by atoms with Gasteiger partial charge in [0.15, 0.2) is 0 Å². The molecule has 0 radical (unpaired) electrons. The van der Waals surface area contributed by atoms with E-state index in [1.54, 1.807) is 6.07 Å². The number of anilines is 1. The number of benzene rings is 1. The van der Waals surface area contributed by atoms with Gasteiger partial charge in [0, 0.05) is 12.2 Å². The number of carbonyl (C=O) groups excluding carboxylic acids is 1. The molecule has 1 saturated carbocycles. The molecule has 3 nitrogen and oxygen atoms in total. The van der Waals surface area contributed by atoms with Crippen LogP contribution in [0.2, 0.25) is 0 Å². The fourth-order valence-electron chi connectivity index (χ4n) is 2.15. The molecular formula is C14H20N2O. The number of para-hydroxylation sites is 1. The molecule has 2 rings (SSSR count). The Hall–Kier alpha value is -1.51. The number of hydrogen-bond donors (Lipinski definition) is 2. The van der Waals surface area contributed by atoms with Crippen molar-refractivity contribution >= 4 is 11.6 Å². The molecule has 1 fully saturated rings. The number of carbonyl (C=O) groups is 1. The SMILES string of the molecule is Cc1cccc(C(=O)NCCC2CCC2)c1N. The summed E-state index contributed by atoms with van der Waals surface area (Å²) in [6.07, 6.45) is 5.09. The molecule has 0 saturated heterocycles. The first-order valence-corrected chi connectivity index (χ1v) is 6.32. The molecule has 0 spiro atoms. The minimum absolute atomic E-state index is 0.0504. The Morgan fingerprint density at radius 1 is 1.47 bits per heavy atom. The first kappa shape index (κ1) is 12.0. The van der Waals surface area contributed by atoms with Crippen molar-refractivity contribution in [3.63, 3.8) is 0 Å². The molecule has 0 atom stereocenters. The Bertz CT molecular complexity index is 411. The molecule has 0 heterocycles. The maximum Gasteiger partial charge on any atom is 0.253 e. The van der Waals surface area contributed by atoms with Crippen LogP contribution in [0.15, 0.2) is 18.2 Å². The second kappa shape index (κ2) is 5.21. The molecular weight excluding hydrogens is 212 g/mol. The predicted molar refractivity (Wildman–Crippen MR) is 69.9 cm³/mol. The fraction of sp³-hybridized carbons (Fsp3) is 0.500. The van der Waals surface area contributed by atoms with Gasteiger partial charge in [0.2, 0.25) is 0 Å². The van der Waals surface area contributed by atoms with Crippen LogP contribution in [0.4, 0.5) is 5.69 Å². The van der Waals surface area contributed by atoms with E-state index >= 15 is 0 Å². The number of hydrogen-bond acceptors (Lipinski definition) is 2. The minimum atomic E-state index is -0.0504. The van der Waals surface area contributed by atoms with Crippen molar-refractivity contribution in [1.82, 2.24) is 5.32 Å². The molecule has 0 aliphatic heterocycles. The highest BCUT2D eigenvalue weighted by Gasteiger charge is 2.17. The number of amides is 1. The molecule has 1 aliphatic rings. The highest BCUT2D eigenvalue weighted by Crippen LogP contribution is 2.28. The summed E-state index contributed by atoms with van der Waals surface area (Å²) in [6.45, 7) is 2.68. The summed E-state index contributed by atoms with van der Waals surface area (Å²) in [5.74, 6) is 0.774. The molecule has 1 aliphatic carbocycles. The lowest BCUT2D eigenvalue weighted by Gasteiger charge is -2.25. The van der Waals surface area contributed by atoms with Gasteiger partial charge < -0.3 is 11.1 Å². The zero-order valence-corrected chi connectivity index (χ0v) is 10.3. The summed E-state index contributed by atoms with van der Waals surface area (Å²) >= 11 is 0. The summed E-state index contributed by atoms with van der Waals surface area (Å²) in [5, 5.41) is 2.95. The van der Waals surface area contributed by atoms with E-state index in [0.717, 1.165) is 24.4 Å². The van der Waals surface area contributed by atoms with E-state index in [2.05, 4.69) is 5.32 Å². The summed E-state index contributed by atoms with van der Waals surface area (Å²) in [4.78, 5) is 11.9. The third-order valence-electron chi connectivity index (χ3n) is 3.63. The van der Waals surface area contributed by atoms with E-state index in [0.29, 0.717) is 11.3 Å². The first-order valence-electron chi connectivity index (χ1n) is 6.32. The lowest BCUT2D eigenvalue weighted by Crippen LogP contribution is -2.28. The zero-order valence-electron chi connectivity index (χ0n) is 10.3. The van der Waals surface area contributed by atoms with Crippen molar-refractivity contribution in [3.8, 4) is 0 Å². The van der Waals surface area contributed by atoms with Crippen LogP contribution in [-0.4, -0.2) is 12.5 Å². The first-order chi connectivity index (χ1) is 8.18. The van der Waals surface area contributed by atoms with Crippen LogP contribution >= 0.6 is 0 Å². The monoisotopic (exact) mass is 232 g/mol. The molecule has 92 valence electrons. The van der Waals surface area contributed by atoms with Crippen molar-refractivity contribution < 1.29 is 4.79 Å². The van der Waals surface area contributed by atoms with Crippen LogP contribution in [0.5, 0.6) is 0 Å². The number of nitrogen functional groups attached to an aromatic ring is 1. The van der Waals surface area contributed by atoms with Gasteiger partial charge in [-0.3, -0.25) is 4.79 Å². The largest absolute Gasteiger partial charge is 0.398 e. The van der Waals surface area contributed by atoms with Crippen LogP contribution in [0.3, 0.4) is 0 Å². The van der Waals surface area contributed by atoms with Gasteiger partial charge in [-0.15, -0.1) is 0 Å². The third kappa shape index (κ3) is 2.78. The summed E-state index contributed by atoms with van der Waals surface area (Å²) < 4.78 is 0. The van der Waals surface area contributed by atoms with Crippen molar-refractivity contribution in [1.29, 1.82) is 0 Å². The van der Waals surface area contributed by atoms with Gasteiger partial charge in [0.25, 0.3) is 5.91 Å². The zero-order chi connectivity index (χ0) is 12.3. The van der Waals surface area contributed by atoms with Gasteiger partial charge in [-0.1, -0.05) is 31.4 Å². The Labute approximate surface area is 102 Å². The molecule has 17 heavy (non-hydrogen) atoms. The second-order valence-corrected chi connectivity index (χ2v) is 4.88. The van der Waals surface area contributed by atoms with Gasteiger partial charge in [-0.25, -0.2) is 0 Å². The second-order valence-electron chi connectivity index (χ2n) is 4.88. The van der Waals surface area contributed by atoms with Crippen molar-refractivity contribution in [2.75, 3.05) is 12.3 Å². The van der Waals surface area contributed by atoms with Crippen LogP contribution < -0.4 is 11.1 Å². The van der Waals surface area contributed by atoms with Gasteiger partial charge in [0.1, 0.15) is 0 Å². The Balaban J connectivity index is 1.87. The smallest absolute Gasteiger partial charge is 0.253 e. The van der Waals surface area contributed by atoms with Crippen LogP contribution in [0.1, 0.15) is 41.6 Å². The van der Waals surface area contributed by atoms with E-state index in [1.165, 1.54) is 19.3 Å². The topological polar surface area (TPSA) is 55.1 Å². The normalized spacial score (nSPS) is 15.4. The van der Waals surface area contributed by atoms with E-state index in [4.69, 9.17) is 5.73 Å². The van der Waals surface area contributed by atoms with E-state index in [9.17, 15) is 4.79 Å². The molecule has 0 bridgehead atoms. The Morgan fingerprint density at radius 2 is 2.24 bits per heavy atom. The van der Waals surface area contributed by atoms with Crippen LogP contribution in [0.25, 0.3) is 0 Å². The average Bonchev–Trinajstić information content (AvgIpc) is 2.25. The molecule has 1 aromatic carbocycles. The van der Waals surface area contributed by atoms with Gasteiger partial charge in [0.05, 0.1) is 5.56 Å². The molecule has 1 amide bonds. The quantitative estimate of drug-likeness (QED) is 0.784. The Morgan fingerprint density at radius 3 is 2.88 bits per heavy atom. The van der Waals surface area contributed by atoms with E-state index in [-0.39, 0.29) is 5.91 Å². The Kier molecular flexibility index (Phi) is 3.67. The van der Waals surface area contributed by atoms with Gasteiger partial charge in [-0.2, -0.15) is 0 Å². The molecule has 0 unspecified atom stereocenters. The van der Waals surface area contributed by atoms with Crippen molar-refractivity contribution in [3.05, 3.63) is 29.3 Å². The maximum absolute atomic E-state index is 11.9.